The molecular formula is C17H14FN3. The largest absolute Gasteiger partial charge is 0.396 e. The second-order valence-electron chi connectivity index (χ2n) is 4.63. The number of hydrogen-bond acceptors (Lipinski definition) is 2. The summed E-state index contributed by atoms with van der Waals surface area (Å²) in [6, 6.07) is 16.9. The molecule has 0 atom stereocenters. The fourth-order valence-electron chi connectivity index (χ4n) is 2.11. The van der Waals surface area contributed by atoms with Gasteiger partial charge in [-0.3, -0.25) is 4.98 Å². The molecule has 0 saturated carbocycles. The number of halogens is 1. The van der Waals surface area contributed by atoms with Crippen molar-refractivity contribution in [1.29, 1.82) is 0 Å². The van der Waals surface area contributed by atoms with Gasteiger partial charge in [0.25, 0.3) is 0 Å². The van der Waals surface area contributed by atoms with Crippen LogP contribution in [0.5, 0.6) is 0 Å². The minimum atomic E-state index is -0.364. The third kappa shape index (κ3) is 2.84. The summed E-state index contributed by atoms with van der Waals surface area (Å²) in [4.78, 5) is 7.12. The molecule has 0 spiro atoms. The number of nitrogens with one attached hydrogen (secondary N) is 1. The molecule has 4 rings (SSSR count). The molecule has 21 heavy (non-hydrogen) atoms. The summed E-state index contributed by atoms with van der Waals surface area (Å²) in [7, 11) is 0. The molecule has 2 aromatic heterocycles. The van der Waals surface area contributed by atoms with Crippen molar-refractivity contribution in [3.05, 3.63) is 72.8 Å². The Hall–Kier alpha value is -2.88. The summed E-state index contributed by atoms with van der Waals surface area (Å²) in [5, 5.41) is 2.04. The molecule has 0 aliphatic heterocycles. The minimum Gasteiger partial charge on any atom is -0.396 e. The fraction of sp³-hybridized carbons (Fsp3) is 0. The summed E-state index contributed by atoms with van der Waals surface area (Å²) in [6.45, 7) is 0. The van der Waals surface area contributed by atoms with E-state index in [1.54, 1.807) is 18.3 Å². The predicted molar refractivity (Wildman–Crippen MR) is 84.4 cm³/mol. The van der Waals surface area contributed by atoms with Gasteiger partial charge in [-0.05, 0) is 30.3 Å². The highest BCUT2D eigenvalue weighted by Gasteiger charge is 2.00. The fourth-order valence-corrected chi connectivity index (χ4v) is 2.11. The quantitative estimate of drug-likeness (QED) is 0.476. The Morgan fingerprint density at radius 3 is 2.62 bits per heavy atom. The number of anilines is 1. The molecule has 3 nitrogen and oxygen atoms in total. The second kappa shape index (κ2) is 5.63. The Labute approximate surface area is 121 Å². The van der Waals surface area contributed by atoms with Crippen LogP contribution in [0.25, 0.3) is 21.8 Å². The van der Waals surface area contributed by atoms with Crippen LogP contribution in [0, 0.1) is 5.82 Å². The average molecular weight is 279 g/mol. The monoisotopic (exact) mass is 279 g/mol. The summed E-state index contributed by atoms with van der Waals surface area (Å²) in [5.74, 6) is -0.364. The average Bonchev–Trinajstić information content (AvgIpc) is 2.96. The van der Waals surface area contributed by atoms with Crippen LogP contribution < -0.4 is 5.73 Å². The molecule has 4 aromatic rings. The van der Waals surface area contributed by atoms with Gasteiger partial charge >= 0.3 is 0 Å². The Balaban J connectivity index is 0.000000126. The van der Waals surface area contributed by atoms with Gasteiger partial charge in [0, 0.05) is 28.7 Å². The maximum Gasteiger partial charge on any atom is 0.146 e. The van der Waals surface area contributed by atoms with Gasteiger partial charge < -0.3 is 10.7 Å². The molecule has 104 valence electrons. The molecule has 3 N–H and O–H groups in total. The van der Waals surface area contributed by atoms with Crippen LogP contribution in [0.4, 0.5) is 10.1 Å². The van der Waals surface area contributed by atoms with E-state index in [9.17, 15) is 4.39 Å². The summed E-state index contributed by atoms with van der Waals surface area (Å²) in [5.41, 5.74) is 7.46. The number of rotatable bonds is 0. The van der Waals surface area contributed by atoms with Gasteiger partial charge in [0.2, 0.25) is 0 Å². The van der Waals surface area contributed by atoms with Crippen LogP contribution in [0.15, 0.2) is 67.0 Å². The molecule has 2 aromatic carbocycles. The van der Waals surface area contributed by atoms with Gasteiger partial charge in [-0.15, -0.1) is 0 Å². The zero-order chi connectivity index (χ0) is 14.7. The number of nitrogen functional groups attached to an aromatic ring is 1. The van der Waals surface area contributed by atoms with E-state index in [0.29, 0.717) is 0 Å². The Morgan fingerprint density at radius 1 is 0.952 bits per heavy atom. The molecule has 0 saturated heterocycles. The number of nitrogens with two attached hydrogens (primary N) is 1. The Kier molecular flexibility index (Phi) is 3.51. The summed E-state index contributed by atoms with van der Waals surface area (Å²) < 4.78 is 12.8. The highest BCUT2D eigenvalue weighted by atomic mass is 19.1. The van der Waals surface area contributed by atoms with Crippen LogP contribution in [0.1, 0.15) is 0 Å². The first-order chi connectivity index (χ1) is 10.2. The SMILES string of the molecule is Nc1cc2[nH]ccc2cc1F.c1ccc2ncccc2c1. The van der Waals surface area contributed by atoms with Crippen LogP contribution in [-0.4, -0.2) is 9.97 Å². The molecule has 0 aliphatic rings. The van der Waals surface area contributed by atoms with Crippen LogP contribution in [0.2, 0.25) is 0 Å². The topological polar surface area (TPSA) is 54.7 Å². The maximum atomic E-state index is 12.8. The first-order valence-corrected chi connectivity index (χ1v) is 6.56. The van der Waals surface area contributed by atoms with Gasteiger partial charge in [-0.25, -0.2) is 4.39 Å². The second-order valence-corrected chi connectivity index (χ2v) is 4.63. The molecular weight excluding hydrogens is 265 g/mol. The number of fused-ring (bicyclic) bond motifs is 2. The standard InChI is InChI=1S/C9H7N.C8H7FN2/c1-2-6-9-8(4-1)5-3-7-10-9;9-6-3-5-1-2-11-8(5)4-7(6)10/h1-7H;1-4,11H,10H2. The van der Waals surface area contributed by atoms with E-state index in [0.717, 1.165) is 16.4 Å². The third-order valence-corrected chi connectivity index (χ3v) is 3.18. The lowest BCUT2D eigenvalue weighted by molar-refractivity contribution is 0.634. The zero-order valence-electron chi connectivity index (χ0n) is 11.3. The van der Waals surface area contributed by atoms with E-state index in [4.69, 9.17) is 5.73 Å². The third-order valence-electron chi connectivity index (χ3n) is 3.18. The minimum absolute atomic E-state index is 0.181. The van der Waals surface area contributed by atoms with Gasteiger partial charge in [-0.1, -0.05) is 24.3 Å². The lowest BCUT2D eigenvalue weighted by Gasteiger charge is -1.95. The van der Waals surface area contributed by atoms with Crippen molar-refractivity contribution < 1.29 is 4.39 Å². The number of hydrogen-bond donors (Lipinski definition) is 2. The predicted octanol–water partition coefficient (Wildman–Crippen LogP) is 4.12. The van der Waals surface area contributed by atoms with Crippen LogP contribution in [-0.2, 0) is 0 Å². The molecule has 0 amide bonds. The molecule has 0 bridgehead atoms. The number of benzene rings is 2. The van der Waals surface area contributed by atoms with E-state index in [2.05, 4.69) is 22.1 Å². The summed E-state index contributed by atoms with van der Waals surface area (Å²) in [6.07, 6.45) is 3.56. The van der Waals surface area contributed by atoms with Crippen molar-refractivity contribution in [2.24, 2.45) is 0 Å². The molecule has 0 radical (unpaired) electrons. The molecule has 2 heterocycles. The smallest absolute Gasteiger partial charge is 0.146 e. The lowest BCUT2D eigenvalue weighted by Crippen LogP contribution is -1.88. The van der Waals surface area contributed by atoms with E-state index in [1.807, 2.05) is 30.5 Å². The number of pyridine rings is 1. The highest BCUT2D eigenvalue weighted by molar-refractivity contribution is 5.82. The lowest BCUT2D eigenvalue weighted by atomic mass is 10.2. The Morgan fingerprint density at radius 2 is 1.76 bits per heavy atom. The number of para-hydroxylation sites is 1. The molecule has 4 heteroatoms. The van der Waals surface area contributed by atoms with Crippen molar-refractivity contribution in [3.8, 4) is 0 Å². The van der Waals surface area contributed by atoms with Gasteiger partial charge in [0.05, 0.1) is 11.2 Å². The van der Waals surface area contributed by atoms with E-state index >= 15 is 0 Å². The van der Waals surface area contributed by atoms with Crippen molar-refractivity contribution in [3.63, 3.8) is 0 Å². The molecule has 0 unspecified atom stereocenters. The summed E-state index contributed by atoms with van der Waals surface area (Å²) >= 11 is 0. The van der Waals surface area contributed by atoms with Crippen molar-refractivity contribution >= 4 is 27.5 Å². The van der Waals surface area contributed by atoms with Gasteiger partial charge in [-0.2, -0.15) is 0 Å². The normalized spacial score (nSPS) is 10.3. The Bertz CT molecular complexity index is 782. The van der Waals surface area contributed by atoms with Crippen molar-refractivity contribution in [2.75, 3.05) is 5.73 Å². The number of nitrogens with zero attached hydrogens (tertiary/aromatic N) is 1. The molecule has 0 fully saturated rings. The van der Waals surface area contributed by atoms with E-state index in [1.165, 1.54) is 11.5 Å². The van der Waals surface area contributed by atoms with E-state index in [-0.39, 0.29) is 11.5 Å². The van der Waals surface area contributed by atoms with Crippen LogP contribution in [0.3, 0.4) is 0 Å². The van der Waals surface area contributed by atoms with E-state index < -0.39 is 0 Å². The van der Waals surface area contributed by atoms with Gasteiger partial charge in [0.1, 0.15) is 5.82 Å². The maximum absolute atomic E-state index is 12.8. The first kappa shape index (κ1) is 13.1. The van der Waals surface area contributed by atoms with Crippen molar-refractivity contribution in [2.45, 2.75) is 0 Å². The number of aromatic nitrogens is 2. The van der Waals surface area contributed by atoms with Gasteiger partial charge in [0.15, 0.2) is 0 Å². The number of H-pyrrole nitrogens is 1. The zero-order valence-corrected chi connectivity index (χ0v) is 11.3. The van der Waals surface area contributed by atoms with Crippen LogP contribution >= 0.6 is 0 Å². The number of aromatic amines is 1. The highest BCUT2D eigenvalue weighted by Crippen LogP contribution is 2.18. The first-order valence-electron chi connectivity index (χ1n) is 6.56. The van der Waals surface area contributed by atoms with Crippen molar-refractivity contribution in [1.82, 2.24) is 9.97 Å². The molecule has 0 aliphatic carbocycles.